The highest BCUT2D eigenvalue weighted by atomic mass is 19.4. The summed E-state index contributed by atoms with van der Waals surface area (Å²) in [5.41, 5.74) is -1.25. The van der Waals surface area contributed by atoms with Gasteiger partial charge in [-0.2, -0.15) is 13.2 Å². The highest BCUT2D eigenvalue weighted by molar-refractivity contribution is 5.71. The highest BCUT2D eigenvalue weighted by Gasteiger charge is 2.34. The second-order valence-corrected chi connectivity index (χ2v) is 6.26. The summed E-state index contributed by atoms with van der Waals surface area (Å²) < 4.78 is 61.8. The molecule has 1 saturated heterocycles. The fourth-order valence-corrected chi connectivity index (χ4v) is 2.54. The fraction of sp³-hybridized carbons (Fsp3) is 0.278. The summed E-state index contributed by atoms with van der Waals surface area (Å²) in [6, 6.07) is 7.17. The molecule has 0 spiro atoms. The number of hydrogen-bond acceptors (Lipinski definition) is 5. The van der Waals surface area contributed by atoms with Crippen molar-refractivity contribution < 1.29 is 36.8 Å². The first-order valence-electron chi connectivity index (χ1n) is 8.32. The Balaban J connectivity index is 1.45. The van der Waals surface area contributed by atoms with Crippen molar-refractivity contribution >= 4 is 11.8 Å². The third-order valence-electron chi connectivity index (χ3n) is 4.21. The Hall–Kier alpha value is -3.21. The van der Waals surface area contributed by atoms with Gasteiger partial charge >= 0.3 is 12.3 Å². The number of likely N-dealkylation sites (tertiary alicyclic amines) is 1. The molecule has 0 atom stereocenters. The van der Waals surface area contributed by atoms with E-state index in [1.807, 2.05) is 0 Å². The van der Waals surface area contributed by atoms with Crippen molar-refractivity contribution in [3.05, 3.63) is 69.5 Å². The number of halogens is 4. The third kappa shape index (κ3) is 4.99. The number of rotatable bonds is 5. The van der Waals surface area contributed by atoms with E-state index >= 15 is 0 Å². The molecule has 1 amide bonds. The molecule has 0 bridgehead atoms. The molecule has 0 aliphatic carbocycles. The van der Waals surface area contributed by atoms with Crippen LogP contribution in [0, 0.1) is 15.9 Å². The average Bonchev–Trinajstić information content (AvgIpc) is 2.61. The molecule has 0 aromatic heterocycles. The number of hydrogen-bond donors (Lipinski definition) is 0. The Bertz CT molecular complexity index is 911. The Morgan fingerprint density at radius 1 is 1.17 bits per heavy atom. The van der Waals surface area contributed by atoms with Gasteiger partial charge in [0, 0.05) is 17.7 Å². The zero-order chi connectivity index (χ0) is 21.2. The van der Waals surface area contributed by atoms with Gasteiger partial charge in [-0.05, 0) is 24.3 Å². The molecule has 11 heteroatoms. The first-order chi connectivity index (χ1) is 13.6. The smallest absolute Gasteiger partial charge is 0.410 e. The van der Waals surface area contributed by atoms with E-state index in [-0.39, 0.29) is 36.7 Å². The van der Waals surface area contributed by atoms with Crippen molar-refractivity contribution in [3.8, 4) is 5.75 Å². The standard InChI is InChI=1S/C18H14F4N2O5/c19-16-7-12(18(20,21)22)2-1-11(16)10-28-15-8-23(9-15)17(25)29-14-5-3-13(4-6-14)24(26)27/h1-7,15H,8-10H2. The van der Waals surface area contributed by atoms with Crippen LogP contribution in [0.25, 0.3) is 0 Å². The molecule has 1 aliphatic heterocycles. The largest absolute Gasteiger partial charge is 0.416 e. The lowest BCUT2D eigenvalue weighted by Crippen LogP contribution is -2.55. The molecule has 29 heavy (non-hydrogen) atoms. The normalized spacial score (nSPS) is 14.4. The van der Waals surface area contributed by atoms with Crippen LogP contribution in [0.1, 0.15) is 11.1 Å². The minimum atomic E-state index is -4.63. The predicted octanol–water partition coefficient (Wildman–Crippen LogP) is 4.15. The van der Waals surface area contributed by atoms with E-state index in [9.17, 15) is 32.5 Å². The lowest BCUT2D eigenvalue weighted by atomic mass is 10.1. The number of nitrogens with zero attached hydrogens (tertiary/aromatic N) is 2. The molecule has 154 valence electrons. The van der Waals surface area contributed by atoms with Gasteiger partial charge in [0.05, 0.1) is 36.3 Å². The molecule has 0 saturated carbocycles. The number of carbonyl (C=O) groups excluding carboxylic acids is 1. The number of amides is 1. The molecule has 3 rings (SSSR count). The fourth-order valence-electron chi connectivity index (χ4n) is 2.54. The lowest BCUT2D eigenvalue weighted by molar-refractivity contribution is -0.384. The maximum atomic E-state index is 13.8. The second-order valence-electron chi connectivity index (χ2n) is 6.26. The summed E-state index contributed by atoms with van der Waals surface area (Å²) >= 11 is 0. The summed E-state index contributed by atoms with van der Waals surface area (Å²) in [4.78, 5) is 23.3. The molecular weight excluding hydrogens is 400 g/mol. The van der Waals surface area contributed by atoms with Gasteiger partial charge in [0.1, 0.15) is 11.6 Å². The van der Waals surface area contributed by atoms with E-state index in [0.717, 1.165) is 12.1 Å². The lowest BCUT2D eigenvalue weighted by Gasteiger charge is -2.37. The predicted molar refractivity (Wildman–Crippen MR) is 90.7 cm³/mol. The summed E-state index contributed by atoms with van der Waals surface area (Å²) in [7, 11) is 0. The number of nitro benzene ring substituents is 1. The third-order valence-corrected chi connectivity index (χ3v) is 4.21. The summed E-state index contributed by atoms with van der Waals surface area (Å²) in [6.07, 6.45) is -5.72. The zero-order valence-corrected chi connectivity index (χ0v) is 14.7. The second kappa shape index (κ2) is 8.03. The van der Waals surface area contributed by atoms with Gasteiger partial charge in [0.15, 0.2) is 0 Å². The van der Waals surface area contributed by atoms with Gasteiger partial charge in [0.2, 0.25) is 0 Å². The van der Waals surface area contributed by atoms with E-state index in [4.69, 9.17) is 9.47 Å². The van der Waals surface area contributed by atoms with Crippen LogP contribution in [0.2, 0.25) is 0 Å². The summed E-state index contributed by atoms with van der Waals surface area (Å²) in [5, 5.41) is 10.6. The highest BCUT2D eigenvalue weighted by Crippen LogP contribution is 2.30. The van der Waals surface area contributed by atoms with Crippen molar-refractivity contribution in [3.63, 3.8) is 0 Å². The van der Waals surface area contributed by atoms with E-state index in [2.05, 4.69) is 0 Å². The number of non-ortho nitro benzene ring substituents is 1. The van der Waals surface area contributed by atoms with Crippen molar-refractivity contribution in [2.24, 2.45) is 0 Å². The molecule has 0 radical (unpaired) electrons. The van der Waals surface area contributed by atoms with Gasteiger partial charge in [0.25, 0.3) is 5.69 Å². The van der Waals surface area contributed by atoms with Gasteiger partial charge in [-0.15, -0.1) is 0 Å². The van der Waals surface area contributed by atoms with Crippen molar-refractivity contribution in [2.75, 3.05) is 13.1 Å². The topological polar surface area (TPSA) is 81.9 Å². The van der Waals surface area contributed by atoms with Crippen LogP contribution < -0.4 is 4.74 Å². The number of benzene rings is 2. The Kier molecular flexibility index (Phi) is 5.69. The van der Waals surface area contributed by atoms with Gasteiger partial charge in [-0.3, -0.25) is 10.1 Å². The van der Waals surface area contributed by atoms with Crippen molar-refractivity contribution in [1.82, 2.24) is 4.90 Å². The average molecular weight is 414 g/mol. The number of alkyl halides is 3. The molecular formula is C18H14F4N2O5. The minimum Gasteiger partial charge on any atom is -0.410 e. The SMILES string of the molecule is O=C(Oc1ccc([N+](=O)[O-])cc1)N1CC(OCc2ccc(C(F)(F)F)cc2F)C1. The Morgan fingerprint density at radius 2 is 1.83 bits per heavy atom. The van der Waals surface area contributed by atoms with E-state index in [1.165, 1.54) is 29.2 Å². The minimum absolute atomic E-state index is 0.0232. The maximum absolute atomic E-state index is 13.8. The first kappa shape index (κ1) is 20.5. The van der Waals surface area contributed by atoms with E-state index in [0.29, 0.717) is 6.07 Å². The van der Waals surface area contributed by atoms with Crippen LogP contribution in [0.15, 0.2) is 42.5 Å². The van der Waals surface area contributed by atoms with Crippen LogP contribution >= 0.6 is 0 Å². The van der Waals surface area contributed by atoms with Crippen LogP contribution in [-0.2, 0) is 17.5 Å². The number of ether oxygens (including phenoxy) is 2. The molecule has 1 fully saturated rings. The molecule has 7 nitrogen and oxygen atoms in total. The Morgan fingerprint density at radius 3 is 2.38 bits per heavy atom. The number of carbonyl (C=O) groups is 1. The molecule has 0 unspecified atom stereocenters. The van der Waals surface area contributed by atoms with Crippen LogP contribution in [0.3, 0.4) is 0 Å². The molecule has 1 heterocycles. The van der Waals surface area contributed by atoms with Gasteiger partial charge < -0.3 is 14.4 Å². The van der Waals surface area contributed by atoms with Crippen LogP contribution in [0.4, 0.5) is 28.0 Å². The first-order valence-corrected chi connectivity index (χ1v) is 8.32. The molecule has 2 aromatic rings. The molecule has 0 N–H and O–H groups in total. The zero-order valence-electron chi connectivity index (χ0n) is 14.7. The maximum Gasteiger partial charge on any atom is 0.416 e. The van der Waals surface area contributed by atoms with E-state index < -0.39 is 34.7 Å². The van der Waals surface area contributed by atoms with Gasteiger partial charge in [-0.1, -0.05) is 6.07 Å². The van der Waals surface area contributed by atoms with Crippen molar-refractivity contribution in [2.45, 2.75) is 18.9 Å². The summed E-state index contributed by atoms with van der Waals surface area (Å²) in [5.74, 6) is -0.884. The molecule has 1 aliphatic rings. The van der Waals surface area contributed by atoms with Crippen LogP contribution in [0.5, 0.6) is 5.75 Å². The van der Waals surface area contributed by atoms with Gasteiger partial charge in [-0.25, -0.2) is 9.18 Å². The molecule has 2 aromatic carbocycles. The summed E-state index contributed by atoms with van der Waals surface area (Å²) in [6.45, 7) is 0.0853. The monoisotopic (exact) mass is 414 g/mol. The number of nitro groups is 1. The quantitative estimate of drug-likeness (QED) is 0.417. The van der Waals surface area contributed by atoms with E-state index in [1.54, 1.807) is 0 Å². The Labute approximate surface area is 161 Å². The van der Waals surface area contributed by atoms with Crippen LogP contribution in [-0.4, -0.2) is 35.1 Å². The van der Waals surface area contributed by atoms with Crippen molar-refractivity contribution in [1.29, 1.82) is 0 Å².